The lowest BCUT2D eigenvalue weighted by Crippen LogP contribution is -2.47. The first-order valence-corrected chi connectivity index (χ1v) is 8.79. The Bertz CT molecular complexity index is 374. The number of rotatable bonds is 17. The first kappa shape index (κ1) is 24.7. The number of nitrogens with one attached hydrogen (secondary N) is 5. The van der Waals surface area contributed by atoms with Crippen LogP contribution in [0.3, 0.4) is 0 Å². The van der Waals surface area contributed by atoms with Crippen LogP contribution in [0.4, 0.5) is 0 Å². The Kier molecular flexibility index (Phi) is 16.2. The molecular formula is C15H34N6O5. The minimum atomic E-state index is -1.89. The lowest BCUT2D eigenvalue weighted by atomic mass is 10.2. The van der Waals surface area contributed by atoms with Crippen LogP contribution in [0.5, 0.6) is 0 Å². The molecule has 0 heterocycles. The predicted molar refractivity (Wildman–Crippen MR) is 97.6 cm³/mol. The molecule has 0 rings (SSSR count). The molecule has 0 fully saturated rings. The molecule has 2 unspecified atom stereocenters. The molecule has 0 spiro atoms. The highest BCUT2D eigenvalue weighted by Gasteiger charge is 2.30. The fourth-order valence-corrected chi connectivity index (χ4v) is 1.90. The molecule has 11 nitrogen and oxygen atoms in total. The molecule has 0 aromatic heterocycles. The summed E-state index contributed by atoms with van der Waals surface area (Å²) < 4.78 is 4.25. The Hall–Kier alpha value is -1.34. The third-order valence-electron chi connectivity index (χ3n) is 3.37. The zero-order chi connectivity index (χ0) is 19.6. The van der Waals surface area contributed by atoms with E-state index in [2.05, 4.69) is 31.3 Å². The van der Waals surface area contributed by atoms with Gasteiger partial charge in [-0.1, -0.05) is 0 Å². The minimum Gasteiger partial charge on any atom is -0.467 e. The van der Waals surface area contributed by atoms with Crippen LogP contribution in [0, 0.1) is 0 Å². The molecule has 0 aliphatic carbocycles. The van der Waals surface area contributed by atoms with Gasteiger partial charge < -0.3 is 47.3 Å². The van der Waals surface area contributed by atoms with E-state index in [4.69, 9.17) is 5.73 Å². The van der Waals surface area contributed by atoms with E-state index in [-0.39, 0.29) is 6.54 Å². The van der Waals surface area contributed by atoms with Gasteiger partial charge in [-0.2, -0.15) is 0 Å². The number of carbonyl (C=O) groups excluding carboxylic acids is 2. The second-order valence-corrected chi connectivity index (χ2v) is 5.49. The van der Waals surface area contributed by atoms with Gasteiger partial charge in [0.05, 0.1) is 7.11 Å². The second-order valence-electron chi connectivity index (χ2n) is 5.49. The van der Waals surface area contributed by atoms with E-state index in [9.17, 15) is 19.8 Å². The van der Waals surface area contributed by atoms with Gasteiger partial charge in [0.15, 0.2) is 12.2 Å². The average molecular weight is 378 g/mol. The summed E-state index contributed by atoms with van der Waals surface area (Å²) in [4.78, 5) is 22.6. The summed E-state index contributed by atoms with van der Waals surface area (Å²) in [6.45, 7) is 7.28. The quantitative estimate of drug-likeness (QED) is 0.0909. The topological polar surface area (TPSA) is 170 Å². The highest BCUT2D eigenvalue weighted by Crippen LogP contribution is 1.96. The van der Waals surface area contributed by atoms with Crippen molar-refractivity contribution in [2.45, 2.75) is 12.2 Å². The van der Waals surface area contributed by atoms with E-state index < -0.39 is 24.1 Å². The van der Waals surface area contributed by atoms with Crippen LogP contribution < -0.4 is 32.3 Å². The number of aliphatic hydroxyl groups is 2. The number of ether oxygens (including phenoxy) is 1. The third-order valence-corrected chi connectivity index (χ3v) is 3.37. The first-order valence-electron chi connectivity index (χ1n) is 8.79. The van der Waals surface area contributed by atoms with E-state index in [1.165, 1.54) is 0 Å². The summed E-state index contributed by atoms with van der Waals surface area (Å²) in [5.74, 6) is -1.88. The Morgan fingerprint density at radius 3 is 1.65 bits per heavy atom. The predicted octanol–water partition coefficient (Wildman–Crippen LogP) is -4.69. The molecule has 0 radical (unpaired) electrons. The SMILES string of the molecule is COC(=O)C(O)C(O)C(=O)NCCNCCNCCNCCNCCN. The van der Waals surface area contributed by atoms with E-state index in [0.717, 1.165) is 52.9 Å². The smallest absolute Gasteiger partial charge is 0.338 e. The molecule has 154 valence electrons. The molecule has 0 aliphatic rings. The molecule has 0 saturated carbocycles. The van der Waals surface area contributed by atoms with Crippen LogP contribution in [0.25, 0.3) is 0 Å². The standard InChI is InChI=1S/C15H34N6O5/c1-26-15(25)13(23)12(22)14(24)21-11-10-20-9-8-19-7-6-18-5-4-17-3-2-16/h12-13,17-20,22-23H,2-11,16H2,1H3,(H,21,24). The number of aliphatic hydroxyl groups excluding tert-OH is 2. The number of esters is 1. The molecule has 2 atom stereocenters. The molecule has 0 bridgehead atoms. The summed E-state index contributed by atoms with van der Waals surface area (Å²) in [5, 5.41) is 34.1. The third kappa shape index (κ3) is 12.9. The first-order chi connectivity index (χ1) is 12.5. The van der Waals surface area contributed by atoms with Crippen molar-refractivity contribution in [2.75, 3.05) is 72.6 Å². The Labute approximate surface area is 154 Å². The largest absolute Gasteiger partial charge is 0.467 e. The highest BCUT2D eigenvalue weighted by molar-refractivity contribution is 5.88. The van der Waals surface area contributed by atoms with Crippen LogP contribution in [0.1, 0.15) is 0 Å². The summed E-state index contributed by atoms with van der Waals surface area (Å²) in [5.41, 5.74) is 5.37. The van der Waals surface area contributed by atoms with Crippen LogP contribution in [0.2, 0.25) is 0 Å². The van der Waals surface area contributed by atoms with E-state index >= 15 is 0 Å². The van der Waals surface area contributed by atoms with Crippen molar-refractivity contribution in [1.82, 2.24) is 26.6 Å². The van der Waals surface area contributed by atoms with Crippen LogP contribution in [-0.2, 0) is 14.3 Å². The second kappa shape index (κ2) is 17.1. The van der Waals surface area contributed by atoms with E-state index in [1.807, 2.05) is 0 Å². The summed E-state index contributed by atoms with van der Waals surface area (Å²) in [7, 11) is 1.06. The van der Waals surface area contributed by atoms with Crippen molar-refractivity contribution in [3.8, 4) is 0 Å². The lowest BCUT2D eigenvalue weighted by molar-refractivity contribution is -0.161. The highest BCUT2D eigenvalue weighted by atomic mass is 16.5. The number of hydrogen-bond acceptors (Lipinski definition) is 10. The number of hydrogen-bond donors (Lipinski definition) is 8. The van der Waals surface area contributed by atoms with Gasteiger partial charge in [-0.25, -0.2) is 4.79 Å². The maximum absolute atomic E-state index is 11.5. The van der Waals surface area contributed by atoms with Crippen molar-refractivity contribution < 1.29 is 24.5 Å². The number of nitrogens with two attached hydrogens (primary N) is 1. The summed E-state index contributed by atoms with van der Waals surface area (Å²) in [6, 6.07) is 0. The maximum Gasteiger partial charge on any atom is 0.338 e. The van der Waals surface area contributed by atoms with Crippen molar-refractivity contribution in [1.29, 1.82) is 0 Å². The van der Waals surface area contributed by atoms with Gasteiger partial charge in [-0.15, -0.1) is 0 Å². The number of amides is 1. The van der Waals surface area contributed by atoms with Crippen molar-refractivity contribution in [3.63, 3.8) is 0 Å². The lowest BCUT2D eigenvalue weighted by Gasteiger charge is -2.15. The number of methoxy groups -OCH3 is 1. The minimum absolute atomic E-state index is 0.265. The zero-order valence-electron chi connectivity index (χ0n) is 15.4. The van der Waals surface area contributed by atoms with Gasteiger partial charge in [0.1, 0.15) is 0 Å². The fourth-order valence-electron chi connectivity index (χ4n) is 1.90. The van der Waals surface area contributed by atoms with Gasteiger partial charge in [-0.3, -0.25) is 4.79 Å². The van der Waals surface area contributed by atoms with Crippen molar-refractivity contribution in [3.05, 3.63) is 0 Å². The molecule has 0 aromatic carbocycles. The summed E-state index contributed by atoms with van der Waals surface area (Å²) >= 11 is 0. The van der Waals surface area contributed by atoms with Crippen LogP contribution in [0.15, 0.2) is 0 Å². The fraction of sp³-hybridized carbons (Fsp3) is 0.867. The molecule has 0 saturated heterocycles. The van der Waals surface area contributed by atoms with Crippen LogP contribution in [-0.4, -0.2) is 107 Å². The maximum atomic E-state index is 11.5. The molecule has 1 amide bonds. The number of carbonyl (C=O) groups is 2. The van der Waals surface area contributed by atoms with Crippen LogP contribution >= 0.6 is 0 Å². The van der Waals surface area contributed by atoms with Crippen molar-refractivity contribution in [2.24, 2.45) is 5.73 Å². The Morgan fingerprint density at radius 1 is 0.808 bits per heavy atom. The molecule has 9 N–H and O–H groups in total. The molecule has 0 aromatic rings. The summed E-state index contributed by atoms with van der Waals surface area (Å²) in [6.07, 6.45) is -3.73. The van der Waals surface area contributed by atoms with Gasteiger partial charge in [0, 0.05) is 65.4 Å². The molecule has 11 heteroatoms. The van der Waals surface area contributed by atoms with Gasteiger partial charge in [0.2, 0.25) is 0 Å². The van der Waals surface area contributed by atoms with Gasteiger partial charge in [-0.05, 0) is 0 Å². The molecular weight excluding hydrogens is 344 g/mol. The average Bonchev–Trinajstić information content (AvgIpc) is 2.66. The van der Waals surface area contributed by atoms with Crippen molar-refractivity contribution >= 4 is 11.9 Å². The van der Waals surface area contributed by atoms with E-state index in [1.54, 1.807) is 0 Å². The van der Waals surface area contributed by atoms with Gasteiger partial charge in [0.25, 0.3) is 5.91 Å². The van der Waals surface area contributed by atoms with E-state index in [0.29, 0.717) is 13.1 Å². The Balaban J connectivity index is 3.40. The monoisotopic (exact) mass is 378 g/mol. The van der Waals surface area contributed by atoms with Gasteiger partial charge >= 0.3 is 5.97 Å². The zero-order valence-corrected chi connectivity index (χ0v) is 15.4. The normalized spacial score (nSPS) is 13.2. The Morgan fingerprint density at radius 2 is 1.23 bits per heavy atom. The molecule has 26 heavy (non-hydrogen) atoms. The molecule has 0 aliphatic heterocycles.